The van der Waals surface area contributed by atoms with Crippen molar-refractivity contribution in [3.8, 4) is 11.5 Å². The van der Waals surface area contributed by atoms with E-state index in [0.29, 0.717) is 73.5 Å². The highest BCUT2D eigenvalue weighted by Gasteiger charge is 2.41. The Labute approximate surface area is 375 Å². The number of nitrogens with one attached hydrogen (secondary N) is 3. The maximum atomic E-state index is 13.9. The van der Waals surface area contributed by atoms with Crippen molar-refractivity contribution in [3.63, 3.8) is 0 Å². The SMILES string of the molecule is BC(O)(C1=C(c2ccc(Cl)cc2)CC(C)(C)CC1)N1CCN(c2ccc(C(=O)NSc3ccc(NC(O)(O)C4CCOCC4)c([N+](=O)[O-])c3)c(Oc3cnc4[nH]ccc4c3)c2)CC1. The van der Waals surface area contributed by atoms with E-state index in [4.69, 9.17) is 21.1 Å². The number of rotatable bonds is 13. The number of amides is 1. The number of allylic oxidation sites excluding steroid dienone is 1. The van der Waals surface area contributed by atoms with Crippen molar-refractivity contribution < 1.29 is 34.5 Å². The lowest BCUT2D eigenvalue weighted by atomic mass is 9.66. The van der Waals surface area contributed by atoms with Gasteiger partial charge in [0.15, 0.2) is 7.85 Å². The number of halogens is 1. The molecule has 63 heavy (non-hydrogen) atoms. The Hall–Kier alpha value is -5.14. The summed E-state index contributed by atoms with van der Waals surface area (Å²) in [5.74, 6) is -2.78. The Bertz CT molecular complexity index is 2520. The quantitative estimate of drug-likeness (QED) is 0.0235. The number of nitro benzene ring substituents is 1. The third-order valence-electron chi connectivity index (χ3n) is 12.4. The molecule has 0 saturated carbocycles. The number of hydrogen-bond acceptors (Lipinski definition) is 13. The number of aliphatic hydroxyl groups is 3. The van der Waals surface area contributed by atoms with Gasteiger partial charge in [-0.2, -0.15) is 0 Å². The summed E-state index contributed by atoms with van der Waals surface area (Å²) in [5.41, 5.74) is 3.50. The topological polar surface area (TPSA) is 199 Å². The van der Waals surface area contributed by atoms with Gasteiger partial charge in [0.2, 0.25) is 5.91 Å². The maximum absolute atomic E-state index is 13.9. The Morgan fingerprint density at radius 2 is 1.79 bits per heavy atom. The number of carbonyl (C=O) groups is 1. The smallest absolute Gasteiger partial charge is 0.293 e. The average Bonchev–Trinajstić information content (AvgIpc) is 3.74. The fraction of sp³-hybridized carbons (Fsp3) is 0.378. The first-order valence-corrected chi connectivity index (χ1v) is 22.3. The molecule has 1 amide bonds. The van der Waals surface area contributed by atoms with Crippen molar-refractivity contribution >= 4 is 71.0 Å². The number of carbonyl (C=O) groups excluding carboxylic acids is 1. The summed E-state index contributed by atoms with van der Waals surface area (Å²) >= 11 is 7.13. The zero-order valence-corrected chi connectivity index (χ0v) is 37.0. The van der Waals surface area contributed by atoms with Gasteiger partial charge in [-0.25, -0.2) is 4.98 Å². The summed E-state index contributed by atoms with van der Waals surface area (Å²) in [6, 6.07) is 21.1. The van der Waals surface area contributed by atoms with Crippen LogP contribution < -0.4 is 19.7 Å². The first-order valence-electron chi connectivity index (χ1n) is 21.1. The van der Waals surface area contributed by atoms with E-state index in [9.17, 15) is 30.2 Å². The first kappa shape index (κ1) is 44.5. The molecule has 0 spiro atoms. The second-order valence-corrected chi connectivity index (χ2v) is 18.7. The molecule has 1 unspecified atom stereocenters. The standard InChI is InChI=1S/C45H51BClN7O8S/c1-43(2)15-11-37(36(26-43)28-3-5-31(47)6-4-28)44(46,56)53-19-17-52(18-20-53)32-7-9-35(40(24-32)62-33-23-29-12-16-48-41(29)49-27-33)42(55)51-63-34-8-10-38(39(25-34)54(59)60)50-45(57,58)30-13-21-61-22-14-30/h3-10,12,16,23-25,27,30,50,56-58H,11,13-15,17-22,26,46H2,1-2H3,(H,48,49)(H,51,55). The van der Waals surface area contributed by atoms with Crippen LogP contribution in [0.5, 0.6) is 11.5 Å². The van der Waals surface area contributed by atoms with Crippen LogP contribution in [0.25, 0.3) is 16.6 Å². The van der Waals surface area contributed by atoms with Crippen LogP contribution in [0.15, 0.2) is 95.7 Å². The van der Waals surface area contributed by atoms with Crippen molar-refractivity contribution in [1.82, 2.24) is 19.6 Å². The molecule has 3 aliphatic rings. The van der Waals surface area contributed by atoms with Crippen molar-refractivity contribution in [3.05, 3.63) is 117 Å². The summed E-state index contributed by atoms with van der Waals surface area (Å²) in [4.78, 5) is 37.6. The number of nitro groups is 1. The number of aromatic nitrogens is 2. The van der Waals surface area contributed by atoms with Crippen LogP contribution in [0.4, 0.5) is 17.1 Å². The van der Waals surface area contributed by atoms with Gasteiger partial charge in [0.25, 0.3) is 11.6 Å². The Kier molecular flexibility index (Phi) is 12.8. The minimum Gasteiger partial charge on any atom is -0.455 e. The molecule has 2 fully saturated rings. The molecule has 2 aromatic heterocycles. The molecular formula is C45H51BClN7O8S. The zero-order valence-electron chi connectivity index (χ0n) is 35.4. The van der Waals surface area contributed by atoms with E-state index in [0.717, 1.165) is 53.4 Å². The van der Waals surface area contributed by atoms with E-state index >= 15 is 0 Å². The molecule has 0 radical (unpaired) electrons. The zero-order chi connectivity index (χ0) is 44.5. The van der Waals surface area contributed by atoms with E-state index in [-0.39, 0.29) is 22.4 Å². The molecule has 330 valence electrons. The molecule has 4 heterocycles. The highest BCUT2D eigenvalue weighted by atomic mass is 35.5. The molecule has 3 aromatic carbocycles. The minimum absolute atomic E-state index is 0.0753. The minimum atomic E-state index is -2.39. The normalized spacial score (nSPS) is 18.5. The lowest BCUT2D eigenvalue weighted by molar-refractivity contribution is -0.384. The summed E-state index contributed by atoms with van der Waals surface area (Å²) in [5, 5.41) is 50.0. The molecule has 1 atom stereocenters. The molecule has 5 aromatic rings. The Balaban J connectivity index is 1.00. The lowest BCUT2D eigenvalue weighted by Gasteiger charge is -2.48. The van der Waals surface area contributed by atoms with Crippen molar-refractivity contribution in [2.24, 2.45) is 11.3 Å². The number of hydrogen-bond donors (Lipinski definition) is 6. The van der Waals surface area contributed by atoms with Gasteiger partial charge in [-0.05, 0) is 115 Å². The van der Waals surface area contributed by atoms with Gasteiger partial charge in [0.1, 0.15) is 28.5 Å². The number of benzene rings is 3. The molecule has 18 heteroatoms. The van der Waals surface area contributed by atoms with Crippen LogP contribution >= 0.6 is 23.5 Å². The van der Waals surface area contributed by atoms with Gasteiger partial charge in [-0.1, -0.05) is 37.6 Å². The van der Waals surface area contributed by atoms with Crippen molar-refractivity contribution in [2.75, 3.05) is 49.6 Å². The summed E-state index contributed by atoms with van der Waals surface area (Å²) in [6.07, 6.45) is 6.72. The van der Waals surface area contributed by atoms with Crippen LogP contribution in [-0.4, -0.2) is 99.8 Å². The molecule has 8 rings (SSSR count). The van der Waals surface area contributed by atoms with Gasteiger partial charge in [-0.15, -0.1) is 0 Å². The fourth-order valence-corrected chi connectivity index (χ4v) is 9.56. The number of fused-ring (bicyclic) bond motifs is 1. The van der Waals surface area contributed by atoms with Crippen molar-refractivity contribution in [1.29, 1.82) is 0 Å². The molecule has 0 bridgehead atoms. The monoisotopic (exact) mass is 895 g/mol. The Morgan fingerprint density at radius 3 is 2.52 bits per heavy atom. The predicted octanol–water partition coefficient (Wildman–Crippen LogP) is 6.90. The van der Waals surface area contributed by atoms with E-state index < -0.39 is 34.0 Å². The molecular weight excluding hydrogens is 845 g/mol. The van der Waals surface area contributed by atoms with Crippen LogP contribution in [0.3, 0.4) is 0 Å². The van der Waals surface area contributed by atoms with Gasteiger partial charge < -0.3 is 40.0 Å². The number of aromatic amines is 1. The second kappa shape index (κ2) is 18.2. The van der Waals surface area contributed by atoms with Gasteiger partial charge >= 0.3 is 0 Å². The highest BCUT2D eigenvalue weighted by Crippen LogP contribution is 2.47. The summed E-state index contributed by atoms with van der Waals surface area (Å²) in [6.45, 7) is 7.64. The maximum Gasteiger partial charge on any atom is 0.293 e. The fourth-order valence-electron chi connectivity index (χ4n) is 8.80. The second-order valence-electron chi connectivity index (χ2n) is 17.4. The number of H-pyrrole nitrogens is 1. The lowest BCUT2D eigenvalue weighted by Crippen LogP contribution is -2.59. The summed E-state index contributed by atoms with van der Waals surface area (Å²) < 4.78 is 14.5. The van der Waals surface area contributed by atoms with Gasteiger partial charge in [0, 0.05) is 84.6 Å². The number of ether oxygens (including phenoxy) is 2. The molecule has 15 nitrogen and oxygen atoms in total. The third kappa shape index (κ3) is 10.00. The molecule has 1 aliphatic carbocycles. The van der Waals surface area contributed by atoms with Crippen LogP contribution in [-0.2, 0) is 4.74 Å². The molecule has 2 aliphatic heterocycles. The van der Waals surface area contributed by atoms with E-state index in [1.54, 1.807) is 24.5 Å². The highest BCUT2D eigenvalue weighted by molar-refractivity contribution is 7.98. The van der Waals surface area contributed by atoms with Crippen LogP contribution in [0.2, 0.25) is 5.02 Å². The van der Waals surface area contributed by atoms with E-state index in [1.807, 2.05) is 56.4 Å². The first-order chi connectivity index (χ1) is 30.1. The average molecular weight is 896 g/mol. The summed E-state index contributed by atoms with van der Waals surface area (Å²) in [7, 11) is 1.91. The number of anilines is 2. The van der Waals surface area contributed by atoms with Crippen molar-refractivity contribution in [2.45, 2.75) is 62.4 Å². The van der Waals surface area contributed by atoms with Crippen LogP contribution in [0, 0.1) is 21.4 Å². The number of pyridine rings is 1. The number of piperazine rings is 1. The predicted molar refractivity (Wildman–Crippen MR) is 247 cm³/mol. The van der Waals surface area contributed by atoms with E-state index in [1.165, 1.54) is 17.7 Å². The molecule has 2 saturated heterocycles. The molecule has 6 N–H and O–H groups in total. The van der Waals surface area contributed by atoms with Gasteiger partial charge in [-0.3, -0.25) is 24.5 Å². The van der Waals surface area contributed by atoms with Crippen LogP contribution in [0.1, 0.15) is 61.9 Å². The third-order valence-corrected chi connectivity index (χ3v) is 13.5. The van der Waals surface area contributed by atoms with Gasteiger partial charge in [0.05, 0.1) is 16.7 Å². The largest absolute Gasteiger partial charge is 0.455 e. The number of nitrogens with zero attached hydrogens (tertiary/aromatic N) is 4. The Morgan fingerprint density at radius 1 is 1.05 bits per heavy atom. The van der Waals surface area contributed by atoms with E-state index in [2.05, 4.69) is 43.7 Å².